The van der Waals surface area contributed by atoms with Crippen molar-refractivity contribution in [2.24, 2.45) is 5.92 Å². The zero-order chi connectivity index (χ0) is 13.0. The molecule has 2 unspecified atom stereocenters. The number of aromatic nitrogens is 2. The summed E-state index contributed by atoms with van der Waals surface area (Å²) in [6, 6.07) is 0.212. The van der Waals surface area contributed by atoms with E-state index in [1.165, 1.54) is 12.7 Å². The van der Waals surface area contributed by atoms with E-state index in [9.17, 15) is 5.11 Å². The van der Waals surface area contributed by atoms with Crippen LogP contribution in [0.2, 0.25) is 5.15 Å². The molecule has 1 aromatic heterocycles. The Morgan fingerprint density at radius 3 is 2.94 bits per heavy atom. The van der Waals surface area contributed by atoms with Gasteiger partial charge in [0.2, 0.25) is 0 Å². The van der Waals surface area contributed by atoms with Crippen molar-refractivity contribution >= 4 is 17.4 Å². The molecule has 5 nitrogen and oxygen atoms in total. The molecule has 100 valence electrons. The zero-order valence-corrected chi connectivity index (χ0v) is 11.2. The predicted octanol–water partition coefficient (Wildman–Crippen LogP) is 2.10. The number of rotatable bonds is 4. The van der Waals surface area contributed by atoms with E-state index in [0.29, 0.717) is 16.7 Å². The fourth-order valence-electron chi connectivity index (χ4n) is 2.43. The quantitative estimate of drug-likeness (QED) is 0.821. The van der Waals surface area contributed by atoms with Gasteiger partial charge in [0.05, 0.1) is 7.11 Å². The monoisotopic (exact) mass is 271 g/mol. The molecular weight excluding hydrogens is 254 g/mol. The molecule has 2 atom stereocenters. The molecule has 1 aliphatic carbocycles. The van der Waals surface area contributed by atoms with Gasteiger partial charge in [-0.25, -0.2) is 9.97 Å². The molecule has 6 heteroatoms. The summed E-state index contributed by atoms with van der Waals surface area (Å²) in [6.07, 6.45) is 5.80. The van der Waals surface area contributed by atoms with Crippen LogP contribution in [0.3, 0.4) is 0 Å². The first-order chi connectivity index (χ1) is 8.76. The minimum absolute atomic E-state index is 0.193. The smallest absolute Gasteiger partial charge is 0.198 e. The highest BCUT2D eigenvalue weighted by Gasteiger charge is 2.26. The highest BCUT2D eigenvalue weighted by molar-refractivity contribution is 6.31. The molecule has 0 amide bonds. The van der Waals surface area contributed by atoms with Crippen molar-refractivity contribution in [3.05, 3.63) is 11.5 Å². The van der Waals surface area contributed by atoms with Crippen molar-refractivity contribution in [3.8, 4) is 5.75 Å². The largest absolute Gasteiger partial charge is 0.490 e. The van der Waals surface area contributed by atoms with Crippen LogP contribution >= 0.6 is 11.6 Å². The van der Waals surface area contributed by atoms with E-state index in [2.05, 4.69) is 15.3 Å². The van der Waals surface area contributed by atoms with Gasteiger partial charge in [-0.3, -0.25) is 0 Å². The number of nitrogens with zero attached hydrogens (tertiary/aromatic N) is 2. The highest BCUT2D eigenvalue weighted by atomic mass is 35.5. The first kappa shape index (κ1) is 13.4. The van der Waals surface area contributed by atoms with Crippen LogP contribution in [0.25, 0.3) is 0 Å². The van der Waals surface area contributed by atoms with Crippen LogP contribution in [-0.2, 0) is 0 Å². The fourth-order valence-corrected chi connectivity index (χ4v) is 2.64. The Labute approximate surface area is 112 Å². The maximum atomic E-state index is 9.39. The van der Waals surface area contributed by atoms with E-state index in [1.807, 2.05) is 0 Å². The number of halogens is 1. The summed E-state index contributed by atoms with van der Waals surface area (Å²) >= 11 is 5.95. The standard InChI is InChI=1S/C12H18ClN3O2/c1-18-10-11(13)14-7-15-12(10)16-9-5-3-2-4-8(9)6-17/h7-9,17H,2-6H2,1H3,(H,14,15,16). The second-order valence-electron chi connectivity index (χ2n) is 4.52. The Hall–Kier alpha value is -1.07. The summed E-state index contributed by atoms with van der Waals surface area (Å²) in [4.78, 5) is 8.04. The lowest BCUT2D eigenvalue weighted by atomic mass is 9.85. The first-order valence-electron chi connectivity index (χ1n) is 6.18. The van der Waals surface area contributed by atoms with Gasteiger partial charge in [-0.2, -0.15) is 0 Å². The summed E-state index contributed by atoms with van der Waals surface area (Å²) < 4.78 is 5.20. The first-order valence-corrected chi connectivity index (χ1v) is 6.56. The molecule has 0 aliphatic heterocycles. The zero-order valence-electron chi connectivity index (χ0n) is 10.4. The summed E-state index contributed by atoms with van der Waals surface area (Å²) in [5.41, 5.74) is 0. The number of aliphatic hydroxyl groups is 1. The lowest BCUT2D eigenvalue weighted by Crippen LogP contribution is -2.34. The molecular formula is C12H18ClN3O2. The van der Waals surface area contributed by atoms with Crippen LogP contribution in [0.5, 0.6) is 5.75 Å². The maximum Gasteiger partial charge on any atom is 0.198 e. The molecule has 0 bridgehead atoms. The average Bonchev–Trinajstić information content (AvgIpc) is 2.40. The van der Waals surface area contributed by atoms with E-state index >= 15 is 0 Å². The van der Waals surface area contributed by atoms with Gasteiger partial charge in [-0.1, -0.05) is 24.4 Å². The lowest BCUT2D eigenvalue weighted by Gasteiger charge is -2.31. The normalized spacial score (nSPS) is 23.7. The predicted molar refractivity (Wildman–Crippen MR) is 70.0 cm³/mol. The SMILES string of the molecule is COc1c(Cl)ncnc1NC1CCCCC1CO. The topological polar surface area (TPSA) is 67.3 Å². The van der Waals surface area contributed by atoms with Gasteiger partial charge in [-0.05, 0) is 12.8 Å². The third-order valence-corrected chi connectivity index (χ3v) is 3.70. The molecule has 0 aromatic carbocycles. The van der Waals surface area contributed by atoms with E-state index in [-0.39, 0.29) is 18.6 Å². The van der Waals surface area contributed by atoms with E-state index < -0.39 is 0 Å². The molecule has 1 saturated carbocycles. The molecule has 0 spiro atoms. The number of nitrogens with one attached hydrogen (secondary N) is 1. The summed E-state index contributed by atoms with van der Waals surface area (Å²) in [7, 11) is 1.54. The minimum Gasteiger partial charge on any atom is -0.490 e. The van der Waals surface area contributed by atoms with Gasteiger partial charge in [0.15, 0.2) is 16.7 Å². The molecule has 2 rings (SSSR count). The molecule has 2 N–H and O–H groups in total. The van der Waals surface area contributed by atoms with Crippen LogP contribution in [-0.4, -0.2) is 34.8 Å². The van der Waals surface area contributed by atoms with Crippen LogP contribution in [0, 0.1) is 5.92 Å². The summed E-state index contributed by atoms with van der Waals surface area (Å²) in [5.74, 6) is 1.32. The fraction of sp³-hybridized carbons (Fsp3) is 0.667. The van der Waals surface area contributed by atoms with Gasteiger partial charge in [0.25, 0.3) is 0 Å². The number of anilines is 1. The van der Waals surface area contributed by atoms with Gasteiger partial charge in [0.1, 0.15) is 6.33 Å². The third kappa shape index (κ3) is 2.84. The second-order valence-corrected chi connectivity index (χ2v) is 4.88. The molecule has 1 aromatic rings. The second kappa shape index (κ2) is 6.20. The van der Waals surface area contributed by atoms with Crippen molar-refractivity contribution in [3.63, 3.8) is 0 Å². The van der Waals surface area contributed by atoms with Crippen LogP contribution < -0.4 is 10.1 Å². The van der Waals surface area contributed by atoms with Crippen LogP contribution in [0.4, 0.5) is 5.82 Å². The molecule has 0 radical (unpaired) electrons. The summed E-state index contributed by atoms with van der Waals surface area (Å²) in [6.45, 7) is 0.193. The van der Waals surface area contributed by atoms with Crippen molar-refractivity contribution in [2.75, 3.05) is 19.0 Å². The number of methoxy groups -OCH3 is 1. The van der Waals surface area contributed by atoms with Gasteiger partial charge in [-0.15, -0.1) is 0 Å². The van der Waals surface area contributed by atoms with Crippen molar-refractivity contribution < 1.29 is 9.84 Å². The maximum absolute atomic E-state index is 9.39. The third-order valence-electron chi connectivity index (χ3n) is 3.43. The van der Waals surface area contributed by atoms with Gasteiger partial charge < -0.3 is 15.2 Å². The van der Waals surface area contributed by atoms with Gasteiger partial charge in [0, 0.05) is 18.6 Å². The minimum atomic E-state index is 0.193. The van der Waals surface area contributed by atoms with E-state index in [1.54, 1.807) is 7.11 Å². The van der Waals surface area contributed by atoms with Crippen LogP contribution in [0.15, 0.2) is 6.33 Å². The van der Waals surface area contributed by atoms with E-state index in [0.717, 1.165) is 19.3 Å². The Kier molecular flexibility index (Phi) is 4.60. The molecule has 0 saturated heterocycles. The Morgan fingerprint density at radius 2 is 2.22 bits per heavy atom. The number of hydrogen-bond donors (Lipinski definition) is 2. The van der Waals surface area contributed by atoms with Crippen molar-refractivity contribution in [1.29, 1.82) is 0 Å². The van der Waals surface area contributed by atoms with Gasteiger partial charge >= 0.3 is 0 Å². The summed E-state index contributed by atoms with van der Waals surface area (Å²) in [5, 5.41) is 13.0. The Bertz CT molecular complexity index is 403. The molecule has 1 aliphatic rings. The lowest BCUT2D eigenvalue weighted by molar-refractivity contribution is 0.178. The molecule has 18 heavy (non-hydrogen) atoms. The number of aliphatic hydroxyl groups excluding tert-OH is 1. The number of hydrogen-bond acceptors (Lipinski definition) is 5. The Balaban J connectivity index is 2.15. The Morgan fingerprint density at radius 1 is 1.44 bits per heavy atom. The number of ether oxygens (including phenoxy) is 1. The molecule has 1 fully saturated rings. The average molecular weight is 272 g/mol. The molecule has 1 heterocycles. The highest BCUT2D eigenvalue weighted by Crippen LogP contribution is 2.32. The van der Waals surface area contributed by atoms with Crippen molar-refractivity contribution in [1.82, 2.24) is 9.97 Å². The van der Waals surface area contributed by atoms with Crippen LogP contribution in [0.1, 0.15) is 25.7 Å². The van der Waals surface area contributed by atoms with E-state index in [4.69, 9.17) is 16.3 Å². The van der Waals surface area contributed by atoms with Crippen molar-refractivity contribution in [2.45, 2.75) is 31.7 Å².